The molecule has 0 saturated heterocycles. The first-order valence-electron chi connectivity index (χ1n) is 17.1. The van der Waals surface area contributed by atoms with E-state index in [0.29, 0.717) is 0 Å². The van der Waals surface area contributed by atoms with E-state index < -0.39 is 0 Å². The molecule has 0 N–H and O–H groups in total. The van der Waals surface area contributed by atoms with Crippen LogP contribution in [0.5, 0.6) is 0 Å². The summed E-state index contributed by atoms with van der Waals surface area (Å²) >= 11 is 0. The van der Waals surface area contributed by atoms with Crippen LogP contribution in [0, 0.1) is 0 Å². The smallest absolute Gasteiger partial charge is 0.135 e. The summed E-state index contributed by atoms with van der Waals surface area (Å²) in [5.74, 6) is 0. The van der Waals surface area contributed by atoms with Crippen molar-refractivity contribution >= 4 is 71.3 Å². The van der Waals surface area contributed by atoms with Gasteiger partial charge in [-0.3, -0.25) is 0 Å². The van der Waals surface area contributed by atoms with Crippen molar-refractivity contribution in [3.05, 3.63) is 188 Å². The highest BCUT2D eigenvalue weighted by Gasteiger charge is 2.16. The van der Waals surface area contributed by atoms with E-state index in [1.165, 1.54) is 54.6 Å². The fraction of sp³-hybridized carbons (Fsp3) is 0. The molecule has 2 nitrogen and oxygen atoms in total. The maximum absolute atomic E-state index is 6.18. The molecule has 10 aromatic rings. The average molecular weight is 638 g/mol. The Labute approximate surface area is 290 Å². The topological polar surface area (TPSA) is 16.4 Å². The molecule has 0 spiro atoms. The van der Waals surface area contributed by atoms with Crippen molar-refractivity contribution in [1.82, 2.24) is 0 Å². The van der Waals surface area contributed by atoms with Crippen molar-refractivity contribution in [1.29, 1.82) is 0 Å². The van der Waals surface area contributed by atoms with Gasteiger partial charge in [0.25, 0.3) is 0 Å². The Morgan fingerprint density at radius 1 is 0.280 bits per heavy atom. The van der Waals surface area contributed by atoms with E-state index in [0.717, 1.165) is 39.0 Å². The number of hydrogen-bond acceptors (Lipinski definition) is 2. The van der Waals surface area contributed by atoms with Crippen LogP contribution in [0.15, 0.2) is 192 Å². The fourth-order valence-electron chi connectivity index (χ4n) is 7.55. The van der Waals surface area contributed by atoms with Crippen molar-refractivity contribution in [3.8, 4) is 22.3 Å². The second-order valence-corrected chi connectivity index (χ2v) is 13.0. The fourth-order valence-corrected chi connectivity index (χ4v) is 7.55. The van der Waals surface area contributed by atoms with Gasteiger partial charge in [-0.1, -0.05) is 133 Å². The van der Waals surface area contributed by atoms with Crippen LogP contribution in [0.25, 0.3) is 76.5 Å². The molecule has 234 valence electrons. The summed E-state index contributed by atoms with van der Waals surface area (Å²) in [6.45, 7) is 0. The van der Waals surface area contributed by atoms with E-state index in [1.54, 1.807) is 0 Å². The molecule has 0 bridgehead atoms. The molecular formula is C48H31NO. The van der Waals surface area contributed by atoms with Crippen LogP contribution in [-0.2, 0) is 0 Å². The normalized spacial score (nSPS) is 11.6. The van der Waals surface area contributed by atoms with Crippen molar-refractivity contribution in [3.63, 3.8) is 0 Å². The Bertz CT molecular complexity index is 2850. The summed E-state index contributed by atoms with van der Waals surface area (Å²) in [6.07, 6.45) is 0. The molecule has 0 atom stereocenters. The van der Waals surface area contributed by atoms with Crippen LogP contribution in [0.1, 0.15) is 0 Å². The lowest BCUT2D eigenvalue weighted by Gasteiger charge is -2.26. The van der Waals surface area contributed by atoms with Gasteiger partial charge < -0.3 is 9.32 Å². The van der Waals surface area contributed by atoms with Gasteiger partial charge in [0, 0.05) is 27.8 Å². The van der Waals surface area contributed by atoms with Gasteiger partial charge >= 0.3 is 0 Å². The summed E-state index contributed by atoms with van der Waals surface area (Å²) in [4.78, 5) is 2.33. The third-order valence-corrected chi connectivity index (χ3v) is 10.1. The quantitative estimate of drug-likeness (QED) is 0.175. The highest BCUT2D eigenvalue weighted by molar-refractivity contribution is 6.17. The summed E-state index contributed by atoms with van der Waals surface area (Å²) in [7, 11) is 0. The van der Waals surface area contributed by atoms with E-state index >= 15 is 0 Å². The maximum Gasteiger partial charge on any atom is 0.135 e. The van der Waals surface area contributed by atoms with Crippen LogP contribution in [0.3, 0.4) is 0 Å². The summed E-state index contributed by atoms with van der Waals surface area (Å²) in [6, 6.07) is 67.6. The predicted octanol–water partition coefficient (Wildman–Crippen LogP) is 13.8. The van der Waals surface area contributed by atoms with Gasteiger partial charge in [-0.2, -0.15) is 0 Å². The van der Waals surface area contributed by atoms with Crippen molar-refractivity contribution in [2.45, 2.75) is 0 Å². The Morgan fingerprint density at radius 3 is 1.56 bits per heavy atom. The number of nitrogens with zero attached hydrogens (tertiary/aromatic N) is 1. The molecule has 10 rings (SSSR count). The average Bonchev–Trinajstić information content (AvgIpc) is 3.56. The Balaban J connectivity index is 1.05. The van der Waals surface area contributed by atoms with Crippen molar-refractivity contribution < 1.29 is 4.42 Å². The number of furan rings is 1. The van der Waals surface area contributed by atoms with Crippen LogP contribution in [-0.4, -0.2) is 0 Å². The highest BCUT2D eigenvalue weighted by atomic mass is 16.3. The third kappa shape index (κ3) is 4.73. The number of benzene rings is 9. The molecule has 1 heterocycles. The van der Waals surface area contributed by atoms with E-state index in [-0.39, 0.29) is 0 Å². The first kappa shape index (κ1) is 28.4. The van der Waals surface area contributed by atoms with Gasteiger partial charge in [-0.25, -0.2) is 0 Å². The van der Waals surface area contributed by atoms with Gasteiger partial charge in [0.2, 0.25) is 0 Å². The molecule has 0 aliphatic heterocycles. The SMILES string of the molecule is c1ccc(-c2ccc(N(c3ccc(-c4ccc5c(ccc6c7ccccc7ccc56)c4)cc3)c3ccc4oc5ccccc5c4c3)cc2)cc1. The van der Waals surface area contributed by atoms with Crippen molar-refractivity contribution in [2.75, 3.05) is 4.90 Å². The number of fused-ring (bicyclic) bond motifs is 8. The summed E-state index contributed by atoms with van der Waals surface area (Å²) in [5.41, 5.74) is 9.84. The van der Waals surface area contributed by atoms with Gasteiger partial charge in [0.1, 0.15) is 11.2 Å². The summed E-state index contributed by atoms with van der Waals surface area (Å²) in [5, 5.41) is 9.91. The zero-order valence-corrected chi connectivity index (χ0v) is 27.3. The molecule has 0 aliphatic carbocycles. The standard InChI is InChI=1S/C48H31NO/c1-2-8-32(9-3-1)33-14-21-38(22-15-33)49(40-25-29-48-46(31-40)45-12-6-7-13-47(45)50-48)39-23-16-34(17-24-39)36-19-26-42-37(30-36)20-28-43-41-11-5-4-10-35(41)18-27-44(42)43/h1-31H. The zero-order valence-electron chi connectivity index (χ0n) is 27.3. The molecule has 0 amide bonds. The Kier molecular flexibility index (Phi) is 6.53. The molecule has 0 aliphatic rings. The lowest BCUT2D eigenvalue weighted by atomic mass is 9.95. The second-order valence-electron chi connectivity index (χ2n) is 13.0. The number of hydrogen-bond donors (Lipinski definition) is 0. The first-order chi connectivity index (χ1) is 24.8. The van der Waals surface area contributed by atoms with Gasteiger partial charge in [-0.15, -0.1) is 0 Å². The number of para-hydroxylation sites is 1. The monoisotopic (exact) mass is 637 g/mol. The third-order valence-electron chi connectivity index (χ3n) is 10.1. The molecule has 0 saturated carbocycles. The van der Waals surface area contributed by atoms with Crippen LogP contribution in [0.4, 0.5) is 17.1 Å². The minimum Gasteiger partial charge on any atom is -0.456 e. The Hall–Kier alpha value is -6.64. The first-order valence-corrected chi connectivity index (χ1v) is 17.1. The minimum absolute atomic E-state index is 0.891. The Morgan fingerprint density at radius 2 is 0.800 bits per heavy atom. The summed E-state index contributed by atoms with van der Waals surface area (Å²) < 4.78 is 6.18. The van der Waals surface area contributed by atoms with Crippen LogP contribution in [0.2, 0.25) is 0 Å². The molecule has 0 radical (unpaired) electrons. The van der Waals surface area contributed by atoms with Gasteiger partial charge in [0.05, 0.1) is 0 Å². The minimum atomic E-state index is 0.891. The van der Waals surface area contributed by atoms with E-state index in [2.05, 4.69) is 181 Å². The molecule has 2 heteroatoms. The predicted molar refractivity (Wildman–Crippen MR) is 212 cm³/mol. The van der Waals surface area contributed by atoms with Crippen molar-refractivity contribution in [2.24, 2.45) is 0 Å². The van der Waals surface area contributed by atoms with E-state index in [9.17, 15) is 0 Å². The highest BCUT2D eigenvalue weighted by Crippen LogP contribution is 2.40. The maximum atomic E-state index is 6.18. The van der Waals surface area contributed by atoms with Crippen LogP contribution >= 0.6 is 0 Å². The molecule has 50 heavy (non-hydrogen) atoms. The zero-order chi connectivity index (χ0) is 33.0. The number of anilines is 3. The van der Waals surface area contributed by atoms with E-state index in [1.807, 2.05) is 12.1 Å². The molecule has 0 unspecified atom stereocenters. The van der Waals surface area contributed by atoms with E-state index in [4.69, 9.17) is 4.42 Å². The molecule has 1 aromatic heterocycles. The molecule has 9 aromatic carbocycles. The number of rotatable bonds is 5. The molecule has 0 fully saturated rings. The van der Waals surface area contributed by atoms with Gasteiger partial charge in [-0.05, 0) is 109 Å². The largest absolute Gasteiger partial charge is 0.456 e. The molecular weight excluding hydrogens is 607 g/mol. The lowest BCUT2D eigenvalue weighted by molar-refractivity contribution is 0.669. The second kappa shape index (κ2) is 11.5. The van der Waals surface area contributed by atoms with Crippen LogP contribution < -0.4 is 4.90 Å². The lowest BCUT2D eigenvalue weighted by Crippen LogP contribution is -2.09. The van der Waals surface area contributed by atoms with Gasteiger partial charge in [0.15, 0.2) is 0 Å².